The maximum Gasteiger partial charge on any atom is 0.216 e. The fourth-order valence-electron chi connectivity index (χ4n) is 1.36. The van der Waals surface area contributed by atoms with Crippen LogP contribution in [0, 0.1) is 11.7 Å². The zero-order valence-electron chi connectivity index (χ0n) is 9.97. The molecule has 1 aromatic rings. The lowest BCUT2D eigenvalue weighted by molar-refractivity contribution is 0.331. The van der Waals surface area contributed by atoms with E-state index in [1.807, 2.05) is 0 Å². The Morgan fingerprint density at radius 2 is 2.00 bits per heavy atom. The number of hydrogen-bond donors (Lipinski definition) is 0. The van der Waals surface area contributed by atoms with Crippen LogP contribution in [0.25, 0.3) is 0 Å². The second kappa shape index (κ2) is 4.17. The van der Waals surface area contributed by atoms with Gasteiger partial charge in [-0.25, -0.2) is 9.37 Å². The SMILES string of the molecule is COc1ncc(F)cc1C(C)(C)C(C)C. The Bertz CT molecular complexity index is 347. The van der Waals surface area contributed by atoms with Gasteiger partial charge in [-0.3, -0.25) is 0 Å². The molecular formula is C12H18FNO. The normalized spacial score (nSPS) is 11.9. The minimum absolute atomic E-state index is 0.152. The van der Waals surface area contributed by atoms with Crippen molar-refractivity contribution in [3.8, 4) is 5.88 Å². The molecule has 15 heavy (non-hydrogen) atoms. The number of methoxy groups -OCH3 is 1. The lowest BCUT2D eigenvalue weighted by atomic mass is 9.75. The maximum absolute atomic E-state index is 13.2. The number of rotatable bonds is 3. The maximum atomic E-state index is 13.2. The summed E-state index contributed by atoms with van der Waals surface area (Å²) >= 11 is 0. The molecular weight excluding hydrogens is 193 g/mol. The van der Waals surface area contributed by atoms with Gasteiger partial charge in [0.25, 0.3) is 0 Å². The van der Waals surface area contributed by atoms with Gasteiger partial charge in [0.2, 0.25) is 5.88 Å². The molecule has 1 rings (SSSR count). The Balaban J connectivity index is 3.28. The van der Waals surface area contributed by atoms with Gasteiger partial charge in [-0.15, -0.1) is 0 Å². The summed E-state index contributed by atoms with van der Waals surface area (Å²) in [5.41, 5.74) is 0.667. The molecule has 0 saturated carbocycles. The lowest BCUT2D eigenvalue weighted by Crippen LogP contribution is -2.25. The summed E-state index contributed by atoms with van der Waals surface area (Å²) in [6.07, 6.45) is 1.18. The van der Waals surface area contributed by atoms with Crippen molar-refractivity contribution in [1.82, 2.24) is 4.98 Å². The lowest BCUT2D eigenvalue weighted by Gasteiger charge is -2.30. The molecule has 0 aliphatic heterocycles. The molecule has 1 heterocycles. The van der Waals surface area contributed by atoms with Crippen molar-refractivity contribution in [3.05, 3.63) is 23.6 Å². The third kappa shape index (κ3) is 2.28. The van der Waals surface area contributed by atoms with Crippen LogP contribution in [0.4, 0.5) is 4.39 Å². The van der Waals surface area contributed by atoms with Crippen LogP contribution in [0.1, 0.15) is 33.3 Å². The van der Waals surface area contributed by atoms with Crippen molar-refractivity contribution in [3.63, 3.8) is 0 Å². The largest absolute Gasteiger partial charge is 0.481 e. The summed E-state index contributed by atoms with van der Waals surface area (Å²) in [7, 11) is 1.56. The molecule has 0 spiro atoms. The standard InChI is InChI=1S/C12H18FNO/c1-8(2)12(3,4)10-6-9(13)7-14-11(10)15-5/h6-8H,1-5H3. The zero-order valence-corrected chi connectivity index (χ0v) is 9.97. The molecule has 0 bridgehead atoms. The predicted octanol–water partition coefficient (Wildman–Crippen LogP) is 3.16. The number of ether oxygens (including phenoxy) is 1. The highest BCUT2D eigenvalue weighted by molar-refractivity contribution is 5.33. The van der Waals surface area contributed by atoms with E-state index in [0.717, 1.165) is 5.56 Å². The smallest absolute Gasteiger partial charge is 0.216 e. The van der Waals surface area contributed by atoms with E-state index in [4.69, 9.17) is 4.74 Å². The average Bonchev–Trinajstić information content (AvgIpc) is 2.17. The summed E-state index contributed by atoms with van der Waals surface area (Å²) < 4.78 is 18.3. The molecule has 0 atom stereocenters. The van der Waals surface area contributed by atoms with Crippen molar-refractivity contribution in [2.75, 3.05) is 7.11 Å². The summed E-state index contributed by atoms with van der Waals surface area (Å²) in [5.74, 6) is 0.574. The molecule has 0 aromatic carbocycles. The van der Waals surface area contributed by atoms with Crippen molar-refractivity contribution in [1.29, 1.82) is 0 Å². The van der Waals surface area contributed by atoms with Gasteiger partial charge in [0.15, 0.2) is 0 Å². The Kier molecular flexibility index (Phi) is 3.32. The topological polar surface area (TPSA) is 22.1 Å². The minimum Gasteiger partial charge on any atom is -0.481 e. The molecule has 3 heteroatoms. The van der Waals surface area contributed by atoms with Crippen LogP contribution in [0.3, 0.4) is 0 Å². The molecule has 0 saturated heterocycles. The van der Waals surface area contributed by atoms with E-state index in [1.165, 1.54) is 12.3 Å². The summed E-state index contributed by atoms with van der Waals surface area (Å²) in [5, 5.41) is 0. The molecule has 0 aliphatic rings. The minimum atomic E-state index is -0.320. The molecule has 0 unspecified atom stereocenters. The fourth-order valence-corrected chi connectivity index (χ4v) is 1.36. The third-order valence-corrected chi connectivity index (χ3v) is 3.15. The highest BCUT2D eigenvalue weighted by Crippen LogP contribution is 2.36. The molecule has 1 aromatic heterocycles. The predicted molar refractivity (Wildman–Crippen MR) is 58.6 cm³/mol. The number of halogens is 1. The molecule has 2 nitrogen and oxygen atoms in total. The van der Waals surface area contributed by atoms with Gasteiger partial charge in [0.1, 0.15) is 5.82 Å². The molecule has 0 N–H and O–H groups in total. The summed E-state index contributed by atoms with van der Waals surface area (Å²) in [6, 6.07) is 1.51. The molecule has 0 radical (unpaired) electrons. The van der Waals surface area contributed by atoms with Gasteiger partial charge in [-0.2, -0.15) is 0 Å². The third-order valence-electron chi connectivity index (χ3n) is 3.15. The Morgan fingerprint density at radius 3 is 2.47 bits per heavy atom. The molecule has 0 aliphatic carbocycles. The average molecular weight is 211 g/mol. The first-order valence-corrected chi connectivity index (χ1v) is 5.09. The number of aromatic nitrogens is 1. The van der Waals surface area contributed by atoms with Gasteiger partial charge in [-0.1, -0.05) is 27.7 Å². The first-order valence-electron chi connectivity index (χ1n) is 5.09. The Labute approximate surface area is 90.5 Å². The van der Waals surface area contributed by atoms with Crippen molar-refractivity contribution < 1.29 is 9.13 Å². The van der Waals surface area contributed by atoms with Crippen molar-refractivity contribution in [2.24, 2.45) is 5.92 Å². The highest BCUT2D eigenvalue weighted by Gasteiger charge is 2.29. The van der Waals surface area contributed by atoms with E-state index in [-0.39, 0.29) is 11.2 Å². The van der Waals surface area contributed by atoms with Gasteiger partial charge in [-0.05, 0) is 17.4 Å². The van der Waals surface area contributed by atoms with Crippen molar-refractivity contribution in [2.45, 2.75) is 33.1 Å². The molecule has 0 amide bonds. The van der Waals surface area contributed by atoms with Crippen molar-refractivity contribution >= 4 is 0 Å². The van der Waals surface area contributed by atoms with Crippen LogP contribution in [-0.4, -0.2) is 12.1 Å². The van der Waals surface area contributed by atoms with E-state index in [0.29, 0.717) is 11.8 Å². The van der Waals surface area contributed by atoms with E-state index >= 15 is 0 Å². The van der Waals surface area contributed by atoms with E-state index in [1.54, 1.807) is 7.11 Å². The Morgan fingerprint density at radius 1 is 1.40 bits per heavy atom. The molecule has 0 fully saturated rings. The van der Waals surface area contributed by atoms with Crippen LogP contribution >= 0.6 is 0 Å². The van der Waals surface area contributed by atoms with Gasteiger partial charge in [0, 0.05) is 5.56 Å². The van der Waals surface area contributed by atoms with Crippen LogP contribution < -0.4 is 4.74 Å². The quantitative estimate of drug-likeness (QED) is 0.766. The number of hydrogen-bond acceptors (Lipinski definition) is 2. The van der Waals surface area contributed by atoms with Crippen LogP contribution in [0.2, 0.25) is 0 Å². The first kappa shape index (κ1) is 12.0. The van der Waals surface area contributed by atoms with E-state index in [9.17, 15) is 4.39 Å². The highest BCUT2D eigenvalue weighted by atomic mass is 19.1. The Hall–Kier alpha value is -1.12. The summed E-state index contributed by atoms with van der Waals surface area (Å²) in [6.45, 7) is 8.34. The van der Waals surface area contributed by atoms with Gasteiger partial charge < -0.3 is 4.74 Å². The second-order valence-corrected chi connectivity index (χ2v) is 4.59. The summed E-state index contributed by atoms with van der Waals surface area (Å²) in [4.78, 5) is 3.95. The van der Waals surface area contributed by atoms with Crippen LogP contribution in [0.5, 0.6) is 5.88 Å². The fraction of sp³-hybridized carbons (Fsp3) is 0.583. The number of pyridine rings is 1. The number of nitrogens with zero attached hydrogens (tertiary/aromatic N) is 1. The zero-order chi connectivity index (χ0) is 11.6. The second-order valence-electron chi connectivity index (χ2n) is 4.59. The van der Waals surface area contributed by atoms with Gasteiger partial charge in [0.05, 0.1) is 13.3 Å². The van der Waals surface area contributed by atoms with E-state index in [2.05, 4.69) is 32.7 Å². The van der Waals surface area contributed by atoms with Gasteiger partial charge >= 0.3 is 0 Å². The molecule has 84 valence electrons. The van der Waals surface area contributed by atoms with Crippen LogP contribution in [0.15, 0.2) is 12.3 Å². The first-order chi connectivity index (χ1) is 6.89. The van der Waals surface area contributed by atoms with Crippen LogP contribution in [-0.2, 0) is 5.41 Å². The monoisotopic (exact) mass is 211 g/mol. The van der Waals surface area contributed by atoms with E-state index < -0.39 is 0 Å².